The Morgan fingerprint density at radius 1 is 1.36 bits per heavy atom. The molecule has 1 fully saturated rings. The minimum absolute atomic E-state index is 0.00551. The average molecular weight is 216 g/mol. The van der Waals surface area contributed by atoms with E-state index in [4.69, 9.17) is 4.74 Å². The number of carbonyl (C=O) groups excluding carboxylic acids is 1. The normalized spacial score (nSPS) is 18.1. The van der Waals surface area contributed by atoms with Crippen molar-refractivity contribution in [3.8, 4) is 0 Å². The molecular weight excluding hydrogens is 196 g/mol. The number of esters is 1. The summed E-state index contributed by atoms with van der Waals surface area (Å²) in [5, 5.41) is 0. The van der Waals surface area contributed by atoms with Crippen LogP contribution in [0.3, 0.4) is 0 Å². The fourth-order valence-corrected chi connectivity index (χ4v) is 2.17. The quantitative estimate of drug-likeness (QED) is 0.522. The summed E-state index contributed by atoms with van der Waals surface area (Å²) in [6.07, 6.45) is 9.04. The van der Waals surface area contributed by atoms with Crippen molar-refractivity contribution in [3.05, 3.63) is 0 Å². The Kier molecular flexibility index (Phi) is 6.08. The van der Waals surface area contributed by atoms with Gasteiger partial charge in [0.25, 0.3) is 0 Å². The van der Waals surface area contributed by atoms with Gasteiger partial charge in [-0.15, -0.1) is 0 Å². The number of thioether (sulfide) groups is 1. The van der Waals surface area contributed by atoms with Gasteiger partial charge < -0.3 is 4.74 Å². The molecule has 2 nitrogen and oxygen atoms in total. The lowest BCUT2D eigenvalue weighted by atomic mass is 9.87. The fraction of sp³-hybridized carbons (Fsp3) is 0.909. The van der Waals surface area contributed by atoms with E-state index in [-0.39, 0.29) is 5.97 Å². The van der Waals surface area contributed by atoms with Crippen LogP contribution in [0, 0.1) is 5.92 Å². The van der Waals surface area contributed by atoms with Crippen LogP contribution in [0.25, 0.3) is 0 Å². The lowest BCUT2D eigenvalue weighted by Gasteiger charge is -2.20. The third-order valence-electron chi connectivity index (χ3n) is 2.73. The van der Waals surface area contributed by atoms with Gasteiger partial charge >= 0.3 is 5.97 Å². The molecule has 1 aliphatic rings. The van der Waals surface area contributed by atoms with Crippen LogP contribution in [0.2, 0.25) is 0 Å². The zero-order valence-corrected chi connectivity index (χ0v) is 9.78. The van der Waals surface area contributed by atoms with E-state index < -0.39 is 0 Å². The molecule has 3 heteroatoms. The number of hydrogen-bond acceptors (Lipinski definition) is 3. The summed E-state index contributed by atoms with van der Waals surface area (Å²) in [7, 11) is 0. The van der Waals surface area contributed by atoms with Crippen LogP contribution in [-0.4, -0.2) is 24.6 Å². The van der Waals surface area contributed by atoms with E-state index in [9.17, 15) is 4.79 Å². The first-order valence-electron chi connectivity index (χ1n) is 5.47. The van der Waals surface area contributed by atoms with Crippen molar-refractivity contribution in [2.24, 2.45) is 5.92 Å². The van der Waals surface area contributed by atoms with E-state index >= 15 is 0 Å². The van der Waals surface area contributed by atoms with Crippen LogP contribution >= 0.6 is 11.8 Å². The summed E-state index contributed by atoms with van der Waals surface area (Å²) in [5.41, 5.74) is 0. The minimum atomic E-state index is 0.00551. The number of hydrogen-bond donors (Lipinski definition) is 0. The minimum Gasteiger partial charge on any atom is -0.465 e. The van der Waals surface area contributed by atoms with Crippen LogP contribution in [0.4, 0.5) is 0 Å². The maximum atomic E-state index is 11.4. The van der Waals surface area contributed by atoms with Gasteiger partial charge in [-0.05, 0) is 25.0 Å². The second-order valence-electron chi connectivity index (χ2n) is 3.92. The molecule has 1 rings (SSSR count). The van der Waals surface area contributed by atoms with E-state index in [2.05, 4.69) is 0 Å². The summed E-state index contributed by atoms with van der Waals surface area (Å²) in [4.78, 5) is 11.4. The van der Waals surface area contributed by atoms with Crippen molar-refractivity contribution in [1.82, 2.24) is 0 Å². The van der Waals surface area contributed by atoms with Gasteiger partial charge in [-0.25, -0.2) is 0 Å². The highest BCUT2D eigenvalue weighted by atomic mass is 32.2. The molecule has 0 aromatic heterocycles. The van der Waals surface area contributed by atoms with Gasteiger partial charge in [-0.1, -0.05) is 19.3 Å². The predicted octanol–water partition coefficient (Wildman–Crippen LogP) is 2.86. The smallest absolute Gasteiger partial charge is 0.306 e. The first-order chi connectivity index (χ1) is 6.83. The molecule has 0 bridgehead atoms. The molecule has 1 saturated carbocycles. The summed E-state index contributed by atoms with van der Waals surface area (Å²) >= 11 is 1.71. The molecule has 0 atom stereocenters. The Labute approximate surface area is 90.8 Å². The Morgan fingerprint density at radius 2 is 2.07 bits per heavy atom. The zero-order chi connectivity index (χ0) is 10.2. The summed E-state index contributed by atoms with van der Waals surface area (Å²) in [6.45, 7) is 0.576. The molecule has 14 heavy (non-hydrogen) atoms. The van der Waals surface area contributed by atoms with Gasteiger partial charge in [0.1, 0.15) is 6.61 Å². The van der Waals surface area contributed by atoms with Crippen LogP contribution in [-0.2, 0) is 9.53 Å². The van der Waals surface area contributed by atoms with Gasteiger partial charge in [-0.2, -0.15) is 11.8 Å². The van der Waals surface area contributed by atoms with Crippen LogP contribution in [0.1, 0.15) is 38.5 Å². The zero-order valence-electron chi connectivity index (χ0n) is 8.96. The maximum absolute atomic E-state index is 11.4. The largest absolute Gasteiger partial charge is 0.465 e. The van der Waals surface area contributed by atoms with Crippen molar-refractivity contribution >= 4 is 17.7 Å². The fourth-order valence-electron chi connectivity index (χ4n) is 1.92. The van der Waals surface area contributed by atoms with E-state index in [0.717, 1.165) is 5.75 Å². The summed E-state index contributed by atoms with van der Waals surface area (Å²) < 4.78 is 5.13. The van der Waals surface area contributed by atoms with Gasteiger partial charge in [-0.3, -0.25) is 4.79 Å². The third-order valence-corrected chi connectivity index (χ3v) is 3.31. The van der Waals surface area contributed by atoms with Gasteiger partial charge in [0.2, 0.25) is 0 Å². The standard InChI is InChI=1S/C11H20O2S/c1-14-8-7-13-11(12)9-10-5-3-2-4-6-10/h10H,2-9H2,1H3. The Bertz CT molecular complexity index is 165. The van der Waals surface area contributed by atoms with E-state index in [1.165, 1.54) is 32.1 Å². The van der Waals surface area contributed by atoms with Crippen molar-refractivity contribution in [1.29, 1.82) is 0 Å². The molecular formula is C11H20O2S. The molecule has 0 unspecified atom stereocenters. The first-order valence-corrected chi connectivity index (χ1v) is 6.87. The van der Waals surface area contributed by atoms with E-state index in [1.54, 1.807) is 11.8 Å². The third kappa shape index (κ3) is 4.89. The molecule has 0 amide bonds. The predicted molar refractivity (Wildman–Crippen MR) is 60.5 cm³/mol. The Morgan fingerprint density at radius 3 is 2.71 bits per heavy atom. The second kappa shape index (κ2) is 7.16. The Hall–Kier alpha value is -0.180. The van der Waals surface area contributed by atoms with Crippen molar-refractivity contribution in [3.63, 3.8) is 0 Å². The molecule has 0 aromatic carbocycles. The SMILES string of the molecule is CSCCOC(=O)CC1CCCCC1. The topological polar surface area (TPSA) is 26.3 Å². The molecule has 0 aliphatic heterocycles. The monoisotopic (exact) mass is 216 g/mol. The lowest BCUT2D eigenvalue weighted by molar-refractivity contribution is -0.144. The molecule has 0 aromatic rings. The van der Waals surface area contributed by atoms with Crippen molar-refractivity contribution in [2.75, 3.05) is 18.6 Å². The number of ether oxygens (including phenoxy) is 1. The van der Waals surface area contributed by atoms with Crippen LogP contribution < -0.4 is 0 Å². The molecule has 1 aliphatic carbocycles. The van der Waals surface area contributed by atoms with Crippen molar-refractivity contribution < 1.29 is 9.53 Å². The summed E-state index contributed by atoms with van der Waals surface area (Å²) in [6, 6.07) is 0. The molecule has 0 heterocycles. The molecule has 82 valence electrons. The first kappa shape index (κ1) is 11.9. The highest BCUT2D eigenvalue weighted by Crippen LogP contribution is 2.26. The second-order valence-corrected chi connectivity index (χ2v) is 4.91. The molecule has 0 saturated heterocycles. The highest BCUT2D eigenvalue weighted by Gasteiger charge is 2.17. The molecule has 0 spiro atoms. The summed E-state index contributed by atoms with van der Waals surface area (Å²) in [5.74, 6) is 1.52. The maximum Gasteiger partial charge on any atom is 0.306 e. The molecule has 0 N–H and O–H groups in total. The van der Waals surface area contributed by atoms with Gasteiger partial charge in [0, 0.05) is 12.2 Å². The lowest BCUT2D eigenvalue weighted by Crippen LogP contribution is -2.15. The average Bonchev–Trinajstić information content (AvgIpc) is 2.20. The van der Waals surface area contributed by atoms with Crippen LogP contribution in [0.5, 0.6) is 0 Å². The van der Waals surface area contributed by atoms with Gasteiger partial charge in [0.15, 0.2) is 0 Å². The van der Waals surface area contributed by atoms with Crippen LogP contribution in [0.15, 0.2) is 0 Å². The van der Waals surface area contributed by atoms with E-state index in [0.29, 0.717) is 18.9 Å². The highest BCUT2D eigenvalue weighted by molar-refractivity contribution is 7.98. The van der Waals surface area contributed by atoms with Gasteiger partial charge in [0.05, 0.1) is 0 Å². The Balaban J connectivity index is 2.06. The number of rotatable bonds is 5. The van der Waals surface area contributed by atoms with Crippen molar-refractivity contribution in [2.45, 2.75) is 38.5 Å². The number of carbonyl (C=O) groups is 1. The van der Waals surface area contributed by atoms with E-state index in [1.807, 2.05) is 6.26 Å². The molecule has 0 radical (unpaired) electrons.